The van der Waals surface area contributed by atoms with Crippen LogP contribution in [0.5, 0.6) is 11.5 Å². The molecule has 1 unspecified atom stereocenters. The number of aryl methyl sites for hydroxylation is 1. The number of rotatable bonds is 8. The maximum Gasteiger partial charge on any atom is 0.161 e. The lowest BCUT2D eigenvalue weighted by atomic mass is 9.92. The standard InChI is InChI=1S/C17H25N3O2/c1-5-13(10-15-12-20(6-2)19-18-15)14-8-9-16(22-7-3)17(11-14)21-4/h8-9,11-13H,5-7,10H2,1-4H3. The Morgan fingerprint density at radius 1 is 1.18 bits per heavy atom. The summed E-state index contributed by atoms with van der Waals surface area (Å²) in [6.45, 7) is 7.71. The highest BCUT2D eigenvalue weighted by atomic mass is 16.5. The van der Waals surface area contributed by atoms with Crippen molar-refractivity contribution in [3.8, 4) is 11.5 Å². The topological polar surface area (TPSA) is 49.2 Å². The Kier molecular flexibility index (Phi) is 5.81. The maximum atomic E-state index is 5.58. The fraction of sp³-hybridized carbons (Fsp3) is 0.529. The van der Waals surface area contributed by atoms with Gasteiger partial charge < -0.3 is 9.47 Å². The highest BCUT2D eigenvalue weighted by Crippen LogP contribution is 2.33. The van der Waals surface area contributed by atoms with Crippen LogP contribution in [0.25, 0.3) is 0 Å². The van der Waals surface area contributed by atoms with Gasteiger partial charge in [0.1, 0.15) is 0 Å². The molecule has 0 aliphatic heterocycles. The van der Waals surface area contributed by atoms with Crippen LogP contribution in [-0.4, -0.2) is 28.7 Å². The van der Waals surface area contributed by atoms with Gasteiger partial charge in [0.15, 0.2) is 11.5 Å². The van der Waals surface area contributed by atoms with Crippen LogP contribution in [0.3, 0.4) is 0 Å². The van der Waals surface area contributed by atoms with Crippen LogP contribution in [0.15, 0.2) is 24.4 Å². The van der Waals surface area contributed by atoms with E-state index >= 15 is 0 Å². The van der Waals surface area contributed by atoms with Crippen molar-refractivity contribution in [2.45, 2.75) is 46.1 Å². The van der Waals surface area contributed by atoms with Gasteiger partial charge in [-0.1, -0.05) is 18.2 Å². The Bertz CT molecular complexity index is 595. The molecule has 0 saturated heterocycles. The van der Waals surface area contributed by atoms with Gasteiger partial charge in [0.05, 0.1) is 19.4 Å². The van der Waals surface area contributed by atoms with Crippen LogP contribution in [-0.2, 0) is 13.0 Å². The molecule has 0 spiro atoms. The van der Waals surface area contributed by atoms with E-state index in [1.165, 1.54) is 5.56 Å². The van der Waals surface area contributed by atoms with E-state index in [9.17, 15) is 0 Å². The molecule has 2 aromatic rings. The van der Waals surface area contributed by atoms with Gasteiger partial charge in [0.2, 0.25) is 0 Å². The fourth-order valence-corrected chi connectivity index (χ4v) is 2.55. The number of hydrogen-bond acceptors (Lipinski definition) is 4. The highest BCUT2D eigenvalue weighted by Gasteiger charge is 2.15. The number of hydrogen-bond donors (Lipinski definition) is 0. The number of methoxy groups -OCH3 is 1. The molecule has 5 nitrogen and oxygen atoms in total. The first-order chi connectivity index (χ1) is 10.7. The van der Waals surface area contributed by atoms with Crippen LogP contribution in [0.4, 0.5) is 0 Å². The summed E-state index contributed by atoms with van der Waals surface area (Å²) >= 11 is 0. The molecule has 0 saturated carbocycles. The van der Waals surface area contributed by atoms with Crippen molar-refractivity contribution in [1.29, 1.82) is 0 Å². The zero-order valence-corrected chi connectivity index (χ0v) is 13.9. The largest absolute Gasteiger partial charge is 0.493 e. The monoisotopic (exact) mass is 303 g/mol. The van der Waals surface area contributed by atoms with Gasteiger partial charge in [-0.15, -0.1) is 5.10 Å². The van der Waals surface area contributed by atoms with E-state index in [1.807, 2.05) is 23.9 Å². The molecule has 0 bridgehead atoms. The van der Waals surface area contributed by atoms with Gasteiger partial charge in [-0.2, -0.15) is 0 Å². The average Bonchev–Trinajstić information content (AvgIpc) is 3.01. The van der Waals surface area contributed by atoms with E-state index in [0.29, 0.717) is 12.5 Å². The van der Waals surface area contributed by atoms with Crippen molar-refractivity contribution >= 4 is 0 Å². The van der Waals surface area contributed by atoms with Crippen molar-refractivity contribution in [3.05, 3.63) is 35.7 Å². The molecular formula is C17H25N3O2. The van der Waals surface area contributed by atoms with Crippen LogP contribution in [0.1, 0.15) is 44.4 Å². The van der Waals surface area contributed by atoms with E-state index in [0.717, 1.165) is 36.6 Å². The molecule has 5 heteroatoms. The lowest BCUT2D eigenvalue weighted by Gasteiger charge is -2.17. The number of aromatic nitrogens is 3. The number of benzene rings is 1. The van der Waals surface area contributed by atoms with Gasteiger partial charge in [-0.3, -0.25) is 4.68 Å². The first-order valence-corrected chi connectivity index (χ1v) is 7.91. The molecule has 1 aromatic carbocycles. The number of ether oxygens (including phenoxy) is 2. The summed E-state index contributed by atoms with van der Waals surface area (Å²) in [6, 6.07) is 6.18. The zero-order valence-electron chi connectivity index (χ0n) is 13.9. The predicted octanol–water partition coefficient (Wildman–Crippen LogP) is 3.44. The second-order valence-corrected chi connectivity index (χ2v) is 5.22. The Balaban J connectivity index is 2.19. The number of nitrogens with zero attached hydrogens (tertiary/aromatic N) is 3. The van der Waals surface area contributed by atoms with Gasteiger partial charge in [-0.05, 0) is 50.3 Å². The zero-order chi connectivity index (χ0) is 15.9. The van der Waals surface area contributed by atoms with Gasteiger partial charge in [0, 0.05) is 12.7 Å². The summed E-state index contributed by atoms with van der Waals surface area (Å²) in [4.78, 5) is 0. The predicted molar refractivity (Wildman–Crippen MR) is 86.6 cm³/mol. The quantitative estimate of drug-likeness (QED) is 0.749. The molecule has 0 aliphatic rings. The summed E-state index contributed by atoms with van der Waals surface area (Å²) in [6.07, 6.45) is 3.94. The molecule has 1 aromatic heterocycles. The van der Waals surface area contributed by atoms with Crippen LogP contribution >= 0.6 is 0 Å². The average molecular weight is 303 g/mol. The fourth-order valence-electron chi connectivity index (χ4n) is 2.55. The van der Waals surface area contributed by atoms with Crippen LogP contribution < -0.4 is 9.47 Å². The van der Waals surface area contributed by atoms with E-state index in [-0.39, 0.29) is 0 Å². The van der Waals surface area contributed by atoms with Gasteiger partial charge in [-0.25, -0.2) is 0 Å². The van der Waals surface area contributed by atoms with E-state index in [4.69, 9.17) is 9.47 Å². The minimum atomic E-state index is 0.395. The van der Waals surface area contributed by atoms with Crippen molar-refractivity contribution in [2.24, 2.45) is 0 Å². The third kappa shape index (κ3) is 3.78. The molecule has 1 heterocycles. The van der Waals surface area contributed by atoms with Gasteiger partial charge in [0.25, 0.3) is 0 Å². The first-order valence-electron chi connectivity index (χ1n) is 7.91. The summed E-state index contributed by atoms with van der Waals surface area (Å²) in [5.74, 6) is 1.97. The normalized spacial score (nSPS) is 12.2. The van der Waals surface area contributed by atoms with Crippen molar-refractivity contribution in [3.63, 3.8) is 0 Å². The molecule has 0 N–H and O–H groups in total. The lowest BCUT2D eigenvalue weighted by Crippen LogP contribution is -2.04. The van der Waals surface area contributed by atoms with E-state index in [1.54, 1.807) is 7.11 Å². The van der Waals surface area contributed by atoms with Crippen LogP contribution in [0.2, 0.25) is 0 Å². The summed E-state index contributed by atoms with van der Waals surface area (Å²) in [5, 5.41) is 8.36. The molecule has 22 heavy (non-hydrogen) atoms. The highest BCUT2D eigenvalue weighted by molar-refractivity contribution is 5.44. The SMILES string of the molecule is CCOc1ccc(C(CC)Cc2cn(CC)nn2)cc1OC. The van der Waals surface area contributed by atoms with E-state index in [2.05, 4.69) is 36.3 Å². The Labute approximate surface area is 132 Å². The van der Waals surface area contributed by atoms with Crippen LogP contribution in [0, 0.1) is 0 Å². The second-order valence-electron chi connectivity index (χ2n) is 5.22. The molecule has 120 valence electrons. The molecule has 0 amide bonds. The smallest absolute Gasteiger partial charge is 0.161 e. The van der Waals surface area contributed by atoms with Crippen molar-refractivity contribution in [1.82, 2.24) is 15.0 Å². The second kappa shape index (κ2) is 7.82. The molecule has 0 aliphatic carbocycles. The summed E-state index contributed by atoms with van der Waals surface area (Å²) in [5.41, 5.74) is 2.27. The minimum absolute atomic E-state index is 0.395. The third-order valence-corrected chi connectivity index (χ3v) is 3.82. The van der Waals surface area contributed by atoms with Gasteiger partial charge >= 0.3 is 0 Å². The Morgan fingerprint density at radius 3 is 2.59 bits per heavy atom. The minimum Gasteiger partial charge on any atom is -0.493 e. The summed E-state index contributed by atoms with van der Waals surface area (Å²) < 4.78 is 12.9. The molecular weight excluding hydrogens is 278 g/mol. The summed E-state index contributed by atoms with van der Waals surface area (Å²) in [7, 11) is 1.68. The maximum absolute atomic E-state index is 5.58. The molecule has 0 radical (unpaired) electrons. The third-order valence-electron chi connectivity index (χ3n) is 3.82. The first kappa shape index (κ1) is 16.3. The molecule has 0 fully saturated rings. The van der Waals surface area contributed by atoms with E-state index < -0.39 is 0 Å². The van der Waals surface area contributed by atoms with Crippen molar-refractivity contribution in [2.75, 3.05) is 13.7 Å². The lowest BCUT2D eigenvalue weighted by molar-refractivity contribution is 0.310. The Hall–Kier alpha value is -2.04. The molecule has 1 atom stereocenters. The Morgan fingerprint density at radius 2 is 2.00 bits per heavy atom. The van der Waals surface area contributed by atoms with Crippen molar-refractivity contribution < 1.29 is 9.47 Å². The molecule has 2 rings (SSSR count).